The average molecular weight is 568 g/mol. The van der Waals surface area contributed by atoms with Gasteiger partial charge < -0.3 is 14.7 Å². The molecule has 2 atom stereocenters. The summed E-state index contributed by atoms with van der Waals surface area (Å²) in [5.41, 5.74) is -0.628. The summed E-state index contributed by atoms with van der Waals surface area (Å²) >= 11 is 12.0. The topological polar surface area (TPSA) is 101 Å². The number of rotatable bonds is 7. The zero-order valence-corrected chi connectivity index (χ0v) is 21.4. The second kappa shape index (κ2) is 10.1. The monoisotopic (exact) mass is 567 g/mol. The van der Waals surface area contributed by atoms with E-state index in [0.29, 0.717) is 10.6 Å². The van der Waals surface area contributed by atoms with Gasteiger partial charge in [-0.3, -0.25) is 4.79 Å². The van der Waals surface area contributed by atoms with Crippen molar-refractivity contribution in [2.75, 3.05) is 13.2 Å². The Kier molecular flexibility index (Phi) is 7.88. The molecule has 0 saturated carbocycles. The fraction of sp³-hybridized carbons (Fsp3) is 0.391. The first kappa shape index (κ1) is 28.1. The van der Waals surface area contributed by atoms with Crippen molar-refractivity contribution in [3.05, 3.63) is 58.1 Å². The van der Waals surface area contributed by atoms with Gasteiger partial charge in [-0.1, -0.05) is 35.3 Å². The van der Waals surface area contributed by atoms with E-state index in [1.807, 2.05) is 0 Å². The molecule has 0 radical (unpaired) electrons. The van der Waals surface area contributed by atoms with Crippen LogP contribution >= 0.6 is 23.2 Å². The van der Waals surface area contributed by atoms with Crippen LogP contribution in [0.4, 0.5) is 13.2 Å². The molecule has 1 aliphatic rings. The van der Waals surface area contributed by atoms with Gasteiger partial charge in [0.25, 0.3) is 0 Å². The van der Waals surface area contributed by atoms with E-state index < -0.39 is 62.6 Å². The van der Waals surface area contributed by atoms with E-state index in [0.717, 1.165) is 23.1 Å². The van der Waals surface area contributed by atoms with E-state index in [4.69, 9.17) is 23.2 Å². The molecular formula is C23H22Cl2F3NO6S. The molecule has 13 heteroatoms. The number of carbonyl (C=O) groups excluding carboxylic acids is 1. The van der Waals surface area contributed by atoms with Gasteiger partial charge in [-0.15, -0.1) is 0 Å². The molecule has 7 nitrogen and oxygen atoms in total. The SMILES string of the molecule is CC(C)(C(=O)N1C[C@H](S(=O)(=O)c2ccc(OCC(F)(F)F)cc2Cl)C[C@H]1C(=O)O)c1ccc(Cl)cc1. The van der Waals surface area contributed by atoms with Crippen LogP contribution in [0.15, 0.2) is 47.4 Å². The summed E-state index contributed by atoms with van der Waals surface area (Å²) in [5.74, 6) is -2.24. The third-order valence-electron chi connectivity index (χ3n) is 5.96. The average Bonchev–Trinajstić information content (AvgIpc) is 3.23. The molecule has 1 heterocycles. The summed E-state index contributed by atoms with van der Waals surface area (Å²) in [6.07, 6.45) is -4.98. The standard InChI is InChI=1S/C23H22Cl2F3NO6S/c1-22(2,13-3-5-14(24)6-4-13)21(32)29-11-16(10-18(29)20(30)31)36(33,34)19-8-7-15(9-17(19)25)35-12-23(26,27)28/h3-9,16,18H,10-12H2,1-2H3,(H,30,31)/t16-,18+/m1/s1. The maximum absolute atomic E-state index is 13.4. The summed E-state index contributed by atoms with van der Waals surface area (Å²) < 4.78 is 68.4. The minimum absolute atomic E-state index is 0.285. The first-order valence-electron chi connectivity index (χ1n) is 10.6. The van der Waals surface area contributed by atoms with Crippen molar-refractivity contribution in [3.8, 4) is 5.75 Å². The van der Waals surface area contributed by atoms with Crippen LogP contribution in [0.2, 0.25) is 10.0 Å². The molecule has 36 heavy (non-hydrogen) atoms. The number of alkyl halides is 3. The van der Waals surface area contributed by atoms with E-state index in [-0.39, 0.29) is 17.2 Å². The Morgan fingerprint density at radius 1 is 1.11 bits per heavy atom. The molecule has 0 spiro atoms. The van der Waals surface area contributed by atoms with Crippen molar-refractivity contribution in [2.24, 2.45) is 0 Å². The number of aliphatic carboxylic acids is 1. The van der Waals surface area contributed by atoms with E-state index in [1.54, 1.807) is 38.1 Å². The molecule has 1 amide bonds. The number of ether oxygens (including phenoxy) is 1. The van der Waals surface area contributed by atoms with Crippen LogP contribution in [0.5, 0.6) is 5.75 Å². The number of carboxylic acids is 1. The highest BCUT2D eigenvalue weighted by Crippen LogP contribution is 2.36. The lowest BCUT2D eigenvalue weighted by molar-refractivity contribution is -0.153. The number of carbonyl (C=O) groups is 2. The van der Waals surface area contributed by atoms with Gasteiger partial charge in [0.15, 0.2) is 16.4 Å². The number of amides is 1. The normalized spacial score (nSPS) is 18.8. The Labute approximate surface area is 215 Å². The Hall–Kier alpha value is -2.50. The van der Waals surface area contributed by atoms with E-state index in [2.05, 4.69) is 4.74 Å². The Morgan fingerprint density at radius 3 is 2.25 bits per heavy atom. The molecule has 0 bridgehead atoms. The van der Waals surface area contributed by atoms with Gasteiger partial charge in [-0.05, 0) is 50.1 Å². The summed E-state index contributed by atoms with van der Waals surface area (Å²) in [7, 11) is -4.26. The van der Waals surface area contributed by atoms with Crippen LogP contribution in [-0.4, -0.2) is 60.9 Å². The number of carboxylic acid groups (broad SMARTS) is 1. The number of likely N-dealkylation sites (tertiary alicyclic amines) is 1. The molecule has 1 aliphatic heterocycles. The molecule has 0 aliphatic carbocycles. The lowest BCUT2D eigenvalue weighted by Gasteiger charge is -2.32. The summed E-state index contributed by atoms with van der Waals surface area (Å²) in [5, 5.41) is 8.50. The molecule has 1 fully saturated rings. The van der Waals surface area contributed by atoms with Gasteiger partial charge >= 0.3 is 12.1 Å². The fourth-order valence-electron chi connectivity index (χ4n) is 3.98. The smallest absolute Gasteiger partial charge is 0.422 e. The number of halogens is 5. The predicted molar refractivity (Wildman–Crippen MR) is 126 cm³/mol. The molecular weight excluding hydrogens is 546 g/mol. The van der Waals surface area contributed by atoms with Crippen molar-refractivity contribution in [2.45, 2.75) is 48.0 Å². The highest BCUT2D eigenvalue weighted by atomic mass is 35.5. The molecule has 1 N–H and O–H groups in total. The number of hydrogen-bond donors (Lipinski definition) is 1. The second-order valence-electron chi connectivity index (χ2n) is 8.84. The molecule has 3 rings (SSSR count). The van der Waals surface area contributed by atoms with Gasteiger partial charge in [0.2, 0.25) is 5.91 Å². The van der Waals surface area contributed by atoms with E-state index >= 15 is 0 Å². The van der Waals surface area contributed by atoms with Crippen LogP contribution in [0, 0.1) is 0 Å². The van der Waals surface area contributed by atoms with Gasteiger partial charge in [0.1, 0.15) is 11.8 Å². The van der Waals surface area contributed by atoms with Crippen LogP contribution < -0.4 is 4.74 Å². The molecule has 2 aromatic carbocycles. The first-order valence-corrected chi connectivity index (χ1v) is 12.9. The number of nitrogens with zero attached hydrogens (tertiary/aromatic N) is 1. The third-order valence-corrected chi connectivity index (χ3v) is 8.83. The molecule has 1 saturated heterocycles. The minimum Gasteiger partial charge on any atom is -0.484 e. The van der Waals surface area contributed by atoms with Gasteiger partial charge in [0.05, 0.1) is 20.6 Å². The van der Waals surface area contributed by atoms with Crippen molar-refractivity contribution in [1.82, 2.24) is 4.90 Å². The van der Waals surface area contributed by atoms with Gasteiger partial charge in [0, 0.05) is 17.6 Å². The van der Waals surface area contributed by atoms with Crippen molar-refractivity contribution in [1.29, 1.82) is 0 Å². The largest absolute Gasteiger partial charge is 0.484 e. The highest BCUT2D eigenvalue weighted by Gasteiger charge is 2.49. The third kappa shape index (κ3) is 5.90. The van der Waals surface area contributed by atoms with Crippen LogP contribution in [0.1, 0.15) is 25.8 Å². The van der Waals surface area contributed by atoms with Crippen LogP contribution in [-0.2, 0) is 24.8 Å². The number of benzene rings is 2. The number of sulfone groups is 1. The van der Waals surface area contributed by atoms with Gasteiger partial charge in [-0.25, -0.2) is 13.2 Å². The van der Waals surface area contributed by atoms with Crippen LogP contribution in [0.3, 0.4) is 0 Å². The number of hydrogen-bond acceptors (Lipinski definition) is 5. The zero-order chi connectivity index (χ0) is 27.1. The quantitative estimate of drug-likeness (QED) is 0.518. The maximum atomic E-state index is 13.4. The maximum Gasteiger partial charge on any atom is 0.422 e. The van der Waals surface area contributed by atoms with Crippen molar-refractivity contribution in [3.63, 3.8) is 0 Å². The van der Waals surface area contributed by atoms with Gasteiger partial charge in [-0.2, -0.15) is 13.2 Å². The highest BCUT2D eigenvalue weighted by molar-refractivity contribution is 7.92. The van der Waals surface area contributed by atoms with E-state index in [1.165, 1.54) is 0 Å². The van der Waals surface area contributed by atoms with Crippen molar-refractivity contribution >= 4 is 44.9 Å². The zero-order valence-electron chi connectivity index (χ0n) is 19.1. The molecule has 0 unspecified atom stereocenters. The molecule has 2 aromatic rings. The van der Waals surface area contributed by atoms with Crippen molar-refractivity contribution < 1.29 is 41.0 Å². The first-order chi connectivity index (χ1) is 16.5. The second-order valence-corrected chi connectivity index (χ2v) is 11.9. The molecule has 0 aromatic heterocycles. The summed E-state index contributed by atoms with van der Waals surface area (Å²) in [6.45, 7) is 1.20. The van der Waals surface area contributed by atoms with E-state index in [9.17, 15) is 36.3 Å². The summed E-state index contributed by atoms with van der Waals surface area (Å²) in [6, 6.07) is 7.99. The fourth-order valence-corrected chi connectivity index (χ4v) is 6.34. The summed E-state index contributed by atoms with van der Waals surface area (Å²) in [4.78, 5) is 26.0. The Balaban J connectivity index is 1.88. The van der Waals surface area contributed by atoms with Crippen LogP contribution in [0.25, 0.3) is 0 Å². The molecule has 196 valence electrons. The minimum atomic E-state index is -4.59. The predicted octanol–water partition coefficient (Wildman–Crippen LogP) is 4.74. The Morgan fingerprint density at radius 2 is 1.72 bits per heavy atom. The Bertz CT molecular complexity index is 1270. The lowest BCUT2D eigenvalue weighted by atomic mass is 9.83. The lowest BCUT2D eigenvalue weighted by Crippen LogP contribution is -2.48.